The minimum absolute atomic E-state index is 0.222. The van der Waals surface area contributed by atoms with Gasteiger partial charge in [-0.15, -0.1) is 22.7 Å². The van der Waals surface area contributed by atoms with Crippen molar-refractivity contribution in [1.82, 2.24) is 33.3 Å². The molecule has 3 aliphatic rings. The Bertz CT molecular complexity index is 1560. The van der Waals surface area contributed by atoms with Crippen LogP contribution in [0.1, 0.15) is 55.4 Å². The van der Waals surface area contributed by atoms with E-state index in [2.05, 4.69) is 15.1 Å². The summed E-state index contributed by atoms with van der Waals surface area (Å²) in [5, 5.41) is 20.4. The number of thiazole rings is 2. The van der Waals surface area contributed by atoms with Crippen molar-refractivity contribution in [3.05, 3.63) is 56.8 Å². The third kappa shape index (κ3) is 4.93. The summed E-state index contributed by atoms with van der Waals surface area (Å²) in [4.78, 5) is 15.4. The number of aromatic nitrogens is 4. The van der Waals surface area contributed by atoms with E-state index in [4.69, 9.17) is 4.99 Å². The van der Waals surface area contributed by atoms with Crippen LogP contribution in [-0.4, -0.2) is 90.9 Å². The average molecular weight is 625 g/mol. The highest BCUT2D eigenvalue weighted by atomic mass is 32.2. The van der Waals surface area contributed by atoms with Gasteiger partial charge in [-0.05, 0) is 32.8 Å². The van der Waals surface area contributed by atoms with Gasteiger partial charge in [-0.3, -0.25) is 4.99 Å². The van der Waals surface area contributed by atoms with Crippen LogP contribution in [0, 0.1) is 0 Å². The number of rotatable bonds is 7. The van der Waals surface area contributed by atoms with Gasteiger partial charge in [-0.25, -0.2) is 14.6 Å². The summed E-state index contributed by atoms with van der Waals surface area (Å²) >= 11 is 2.79. The van der Waals surface area contributed by atoms with E-state index >= 15 is 0 Å². The first-order chi connectivity index (χ1) is 19.5. The normalized spacial score (nSPS) is 27.7. The van der Waals surface area contributed by atoms with Gasteiger partial charge in [0, 0.05) is 78.8 Å². The number of halogens is 2. The number of amidine groups is 1. The van der Waals surface area contributed by atoms with E-state index in [0.717, 1.165) is 5.70 Å². The zero-order valence-electron chi connectivity index (χ0n) is 22.6. The third-order valence-corrected chi connectivity index (χ3v) is 12.0. The van der Waals surface area contributed by atoms with Crippen molar-refractivity contribution in [1.29, 1.82) is 0 Å². The van der Waals surface area contributed by atoms with E-state index in [1.807, 2.05) is 24.1 Å². The van der Waals surface area contributed by atoms with Crippen LogP contribution in [-0.2, 0) is 15.8 Å². The lowest BCUT2D eigenvalue weighted by Crippen LogP contribution is -2.59. The monoisotopic (exact) mass is 624 g/mol. The molecule has 3 aliphatic heterocycles. The molecule has 0 aromatic carbocycles. The third-order valence-electron chi connectivity index (χ3n) is 7.99. The van der Waals surface area contributed by atoms with Crippen LogP contribution in [0.3, 0.4) is 0 Å². The first-order valence-corrected chi connectivity index (χ1v) is 16.3. The van der Waals surface area contributed by atoms with Crippen molar-refractivity contribution in [2.45, 2.75) is 63.4 Å². The van der Waals surface area contributed by atoms with Gasteiger partial charge in [0.1, 0.15) is 10.6 Å². The second kappa shape index (κ2) is 10.6. The Balaban J connectivity index is 1.29. The quantitative estimate of drug-likeness (QED) is 0.428. The molecule has 16 heteroatoms. The lowest BCUT2D eigenvalue weighted by molar-refractivity contribution is -0.0471. The summed E-state index contributed by atoms with van der Waals surface area (Å²) in [7, 11) is -2.37. The molecule has 2 saturated heterocycles. The smallest absolute Gasteiger partial charge is 0.333 e. The van der Waals surface area contributed by atoms with Crippen molar-refractivity contribution in [3.63, 3.8) is 0 Å². The number of hydrogen-bond acceptors (Lipinski definition) is 10. The predicted molar refractivity (Wildman–Crippen MR) is 152 cm³/mol. The number of likely N-dealkylation sites (N-methyl/N-ethyl adjacent to an activating group) is 1. The Labute approximate surface area is 244 Å². The van der Waals surface area contributed by atoms with Crippen LogP contribution in [0.15, 0.2) is 46.1 Å². The number of piperidine rings is 1. The van der Waals surface area contributed by atoms with Crippen LogP contribution in [0.4, 0.5) is 8.78 Å². The fraction of sp³-hybridized carbons (Fsp3) is 0.520. The van der Waals surface area contributed by atoms with Gasteiger partial charge in [-0.1, -0.05) is 0 Å². The van der Waals surface area contributed by atoms with Crippen LogP contribution >= 0.6 is 22.7 Å². The molecule has 0 amide bonds. The minimum Gasteiger partial charge on any atom is -0.383 e. The van der Waals surface area contributed by atoms with E-state index in [-0.39, 0.29) is 19.4 Å². The second-order valence-electron chi connectivity index (χ2n) is 10.7. The van der Waals surface area contributed by atoms with Gasteiger partial charge in [0.2, 0.25) is 0 Å². The molecular formula is C25H30F2N8O3S3. The second-order valence-corrected chi connectivity index (χ2v) is 14.3. The Morgan fingerprint density at radius 3 is 2.46 bits per heavy atom. The molecule has 4 atom stereocenters. The molecule has 0 radical (unpaired) electrons. The molecule has 6 heterocycles. The molecule has 11 nitrogen and oxygen atoms in total. The number of alkyl halides is 2. The first kappa shape index (κ1) is 28.5. The van der Waals surface area contributed by atoms with Gasteiger partial charge >= 0.3 is 6.55 Å². The molecule has 3 aromatic heterocycles. The highest BCUT2D eigenvalue weighted by Gasteiger charge is 2.50. The van der Waals surface area contributed by atoms with E-state index in [9.17, 15) is 22.3 Å². The molecule has 0 saturated carbocycles. The van der Waals surface area contributed by atoms with Gasteiger partial charge in [0.15, 0.2) is 10.8 Å². The average Bonchev–Trinajstić information content (AvgIpc) is 3.74. The van der Waals surface area contributed by atoms with Crippen molar-refractivity contribution in [2.24, 2.45) is 4.99 Å². The lowest BCUT2D eigenvalue weighted by atomic mass is 9.85. The highest BCUT2D eigenvalue weighted by Crippen LogP contribution is 2.42. The van der Waals surface area contributed by atoms with Crippen LogP contribution in [0.25, 0.3) is 5.57 Å². The maximum absolute atomic E-state index is 14.1. The zero-order valence-corrected chi connectivity index (χ0v) is 25.1. The molecule has 1 N–H and O–H groups in total. The van der Waals surface area contributed by atoms with Crippen molar-refractivity contribution in [3.8, 4) is 0 Å². The Hall–Kier alpha value is -2.63. The molecule has 41 heavy (non-hydrogen) atoms. The maximum atomic E-state index is 14.1. The van der Waals surface area contributed by atoms with E-state index in [1.54, 1.807) is 24.8 Å². The summed E-state index contributed by atoms with van der Waals surface area (Å²) in [6.45, 7) is 1.40. The standard InChI is InChI=1S/C25H30F2N8O3S3/c1-15-11-25(36,23-29-6-9-40-23)12-16(2)35(15)41(37,38)32(3)17-10-20-18(19-4-7-34(31-19)24(26)27)13-30-21(33(20)14-17)22-28-5-8-39-22/h4-9,15-17,24,36H,10-14H2,1-3H3/t15-,16?,17-,25?/m0/s1. The fourth-order valence-electron chi connectivity index (χ4n) is 6.24. The first-order valence-electron chi connectivity index (χ1n) is 13.2. The number of aliphatic hydroxyl groups is 1. The van der Waals surface area contributed by atoms with E-state index < -0.39 is 40.5 Å². The molecule has 6 rings (SSSR count). The Morgan fingerprint density at radius 1 is 1.15 bits per heavy atom. The van der Waals surface area contributed by atoms with Gasteiger partial charge in [-0.2, -0.15) is 30.9 Å². The minimum atomic E-state index is -3.95. The lowest BCUT2D eigenvalue weighted by Gasteiger charge is -2.46. The predicted octanol–water partition coefficient (Wildman–Crippen LogP) is 3.37. The molecule has 220 valence electrons. The SMILES string of the molecule is CC1CC(O)(c2nccs2)C[C@H](C)N1S(=O)(=O)N(C)[C@H]1CC2=C(c3ccn(C(F)F)n3)CN=C(c3nccs3)N2C1. The van der Waals surface area contributed by atoms with E-state index in [1.165, 1.54) is 43.5 Å². The summed E-state index contributed by atoms with van der Waals surface area (Å²) in [5.74, 6) is 0.633. The summed E-state index contributed by atoms with van der Waals surface area (Å²) in [6.07, 6.45) is 5.38. The number of fused-ring (bicyclic) bond motifs is 1. The van der Waals surface area contributed by atoms with Crippen LogP contribution in [0.2, 0.25) is 0 Å². The largest absolute Gasteiger partial charge is 0.383 e. The number of nitrogens with zero attached hydrogens (tertiary/aromatic N) is 8. The summed E-state index contributed by atoms with van der Waals surface area (Å²) in [6, 6.07) is 0.143. The van der Waals surface area contributed by atoms with Crippen LogP contribution < -0.4 is 0 Å². The topological polar surface area (TPSA) is 120 Å². The van der Waals surface area contributed by atoms with Crippen molar-refractivity contribution >= 4 is 44.3 Å². The summed E-state index contributed by atoms with van der Waals surface area (Å²) in [5.41, 5.74) is 0.686. The fourth-order valence-corrected chi connectivity index (χ4v) is 9.53. The van der Waals surface area contributed by atoms with Crippen molar-refractivity contribution < 1.29 is 22.3 Å². The molecule has 2 unspecified atom stereocenters. The molecule has 2 fully saturated rings. The number of hydrogen-bond donors (Lipinski definition) is 1. The number of aliphatic imine (C=N–C) groups is 1. The van der Waals surface area contributed by atoms with Crippen LogP contribution in [0.5, 0.6) is 0 Å². The highest BCUT2D eigenvalue weighted by molar-refractivity contribution is 7.86. The van der Waals surface area contributed by atoms with E-state index in [0.29, 0.717) is 44.8 Å². The summed E-state index contributed by atoms with van der Waals surface area (Å²) < 4.78 is 58.3. The molecule has 0 bridgehead atoms. The van der Waals surface area contributed by atoms with Crippen molar-refractivity contribution in [2.75, 3.05) is 20.1 Å². The molecule has 0 aliphatic carbocycles. The van der Waals surface area contributed by atoms with Gasteiger partial charge in [0.05, 0.1) is 12.2 Å². The molecular weight excluding hydrogens is 595 g/mol. The molecule has 3 aromatic rings. The van der Waals surface area contributed by atoms with Gasteiger partial charge in [0.25, 0.3) is 10.2 Å². The zero-order chi connectivity index (χ0) is 29.1. The Kier molecular flexibility index (Phi) is 7.35. The van der Waals surface area contributed by atoms with Gasteiger partial charge < -0.3 is 10.0 Å². The maximum Gasteiger partial charge on any atom is 0.333 e. The molecule has 0 spiro atoms. The Morgan fingerprint density at radius 2 is 1.85 bits per heavy atom.